The van der Waals surface area contributed by atoms with E-state index in [-0.39, 0.29) is 25.7 Å². The minimum atomic E-state index is -4.96. The van der Waals surface area contributed by atoms with E-state index >= 15 is 0 Å². The number of hydrogen-bond acceptors (Lipinski definition) is 5. The average molecular weight is 634 g/mol. The molecule has 9 nitrogen and oxygen atoms in total. The van der Waals surface area contributed by atoms with Gasteiger partial charge >= 0.3 is 16.5 Å². The Bertz CT molecular complexity index is 1600. The summed E-state index contributed by atoms with van der Waals surface area (Å²) in [6.07, 6.45) is 2.01. The van der Waals surface area contributed by atoms with Gasteiger partial charge in [0.2, 0.25) is 6.33 Å². The number of pyridine rings is 1. The van der Waals surface area contributed by atoms with Gasteiger partial charge in [0, 0.05) is 18.1 Å². The molecule has 0 saturated carbocycles. The molecule has 0 radical (unpaired) electrons. The van der Waals surface area contributed by atoms with Crippen LogP contribution in [0.1, 0.15) is 23.2 Å². The minimum Gasteiger partial charge on any atom is -0.392 e. The van der Waals surface area contributed by atoms with Crippen LogP contribution in [0, 0.1) is 0 Å². The quantitative estimate of drug-likeness (QED) is 0.274. The Morgan fingerprint density at radius 2 is 1.95 bits per heavy atom. The number of aromatic nitrogens is 3. The van der Waals surface area contributed by atoms with Crippen molar-refractivity contribution in [3.05, 3.63) is 81.5 Å². The van der Waals surface area contributed by atoms with Crippen molar-refractivity contribution in [3.63, 3.8) is 0 Å². The first-order chi connectivity index (χ1) is 19.3. The fourth-order valence-electron chi connectivity index (χ4n) is 5.54. The van der Waals surface area contributed by atoms with E-state index < -0.39 is 33.0 Å². The lowest BCUT2D eigenvalue weighted by atomic mass is 9.92. The summed E-state index contributed by atoms with van der Waals surface area (Å²) in [6.45, 7) is 1.20. The van der Waals surface area contributed by atoms with Gasteiger partial charge in [-0.1, -0.05) is 29.3 Å². The van der Waals surface area contributed by atoms with Crippen molar-refractivity contribution in [2.45, 2.75) is 38.1 Å². The van der Waals surface area contributed by atoms with Crippen molar-refractivity contribution in [1.29, 1.82) is 0 Å². The van der Waals surface area contributed by atoms with E-state index in [9.17, 15) is 31.2 Å². The lowest BCUT2D eigenvalue weighted by Gasteiger charge is -2.37. The predicted molar refractivity (Wildman–Crippen MR) is 147 cm³/mol. The number of anilines is 1. The number of alkyl halides is 3. The summed E-state index contributed by atoms with van der Waals surface area (Å²) in [5.74, 6) is -0.587. The van der Waals surface area contributed by atoms with Gasteiger partial charge in [0.25, 0.3) is 0 Å². The molecule has 2 N–H and O–H groups in total. The van der Waals surface area contributed by atoms with E-state index in [1.165, 1.54) is 5.57 Å². The number of benzene rings is 1. The van der Waals surface area contributed by atoms with E-state index in [1.807, 2.05) is 46.1 Å². The molecule has 0 saturated heterocycles. The second-order valence-corrected chi connectivity index (χ2v) is 12.1. The SMILES string of the molecule is O=S(=O)(O)N(CCN1CCC2=C(Cc3ccc(Cl)cc32)C1C[n+]1ccn(CCO)c1)c1ccc(Cl)c(C(F)(F)F)n1. The van der Waals surface area contributed by atoms with Crippen LogP contribution in [0.25, 0.3) is 5.57 Å². The number of aliphatic hydroxyl groups excluding tert-OH is 1. The second kappa shape index (κ2) is 11.5. The maximum Gasteiger partial charge on any atom is 0.434 e. The molecular formula is C26H27Cl2F3N5O4S+. The van der Waals surface area contributed by atoms with E-state index in [0.29, 0.717) is 41.8 Å². The molecule has 220 valence electrons. The molecule has 5 rings (SSSR count). The molecule has 0 bridgehead atoms. The van der Waals surface area contributed by atoms with Gasteiger partial charge in [-0.05, 0) is 59.4 Å². The molecule has 1 atom stereocenters. The van der Waals surface area contributed by atoms with Gasteiger partial charge in [-0.2, -0.15) is 21.6 Å². The summed E-state index contributed by atoms with van der Waals surface area (Å²) in [5.41, 5.74) is 3.11. The summed E-state index contributed by atoms with van der Waals surface area (Å²) in [6, 6.07) is 7.52. The third kappa shape index (κ3) is 6.40. The van der Waals surface area contributed by atoms with Crippen LogP contribution in [0.3, 0.4) is 0 Å². The first-order valence-corrected chi connectivity index (χ1v) is 14.9. The van der Waals surface area contributed by atoms with Crippen LogP contribution in [-0.2, 0) is 36.0 Å². The predicted octanol–water partition coefficient (Wildman–Crippen LogP) is 3.88. The van der Waals surface area contributed by atoms with Gasteiger partial charge < -0.3 is 5.11 Å². The number of fused-ring (bicyclic) bond motifs is 2. The van der Waals surface area contributed by atoms with Crippen molar-refractivity contribution < 1.29 is 35.8 Å². The van der Waals surface area contributed by atoms with Gasteiger partial charge in [-0.15, -0.1) is 0 Å². The Balaban J connectivity index is 1.45. The maximum absolute atomic E-state index is 13.4. The highest BCUT2D eigenvalue weighted by molar-refractivity contribution is 7.87. The Kier molecular flexibility index (Phi) is 8.39. The van der Waals surface area contributed by atoms with Crippen molar-refractivity contribution in [2.24, 2.45) is 0 Å². The highest BCUT2D eigenvalue weighted by Crippen LogP contribution is 2.42. The standard InChI is InChI=1S/C26H26Cl2F3N5O4S/c27-18-2-1-17-13-21-19(20(17)14-18)5-6-35(23(21)15-34-8-7-33(16-34)11-12-37)9-10-36(41(38,39)40)24-4-3-22(28)25(32-24)26(29,30)31/h1-4,7-8,14,16,23,37H,5-6,9-13,15H2/p+1. The summed E-state index contributed by atoms with van der Waals surface area (Å²) >= 11 is 11.9. The van der Waals surface area contributed by atoms with Crippen molar-refractivity contribution >= 4 is 44.9 Å². The Morgan fingerprint density at radius 1 is 1.17 bits per heavy atom. The number of rotatable bonds is 9. The molecule has 1 unspecified atom stereocenters. The van der Waals surface area contributed by atoms with Gasteiger partial charge in [0.15, 0.2) is 5.69 Å². The summed E-state index contributed by atoms with van der Waals surface area (Å²) in [7, 11) is -4.96. The Morgan fingerprint density at radius 3 is 2.66 bits per heavy atom. The van der Waals surface area contributed by atoms with E-state index in [1.54, 1.807) is 0 Å². The lowest BCUT2D eigenvalue weighted by Crippen LogP contribution is -2.52. The molecule has 1 aromatic carbocycles. The minimum absolute atomic E-state index is 0.0180. The largest absolute Gasteiger partial charge is 0.434 e. The van der Waals surface area contributed by atoms with Gasteiger partial charge in [0.05, 0.1) is 24.2 Å². The zero-order valence-corrected chi connectivity index (χ0v) is 23.9. The highest BCUT2D eigenvalue weighted by atomic mass is 35.5. The van der Waals surface area contributed by atoms with Crippen LogP contribution < -0.4 is 8.87 Å². The zero-order chi connectivity index (χ0) is 29.5. The maximum atomic E-state index is 13.4. The average Bonchev–Trinajstić information content (AvgIpc) is 3.48. The molecule has 1 aliphatic heterocycles. The van der Waals surface area contributed by atoms with Gasteiger partial charge in [-0.3, -0.25) is 9.45 Å². The van der Waals surface area contributed by atoms with Crippen LogP contribution in [0.2, 0.25) is 10.0 Å². The van der Waals surface area contributed by atoms with Crippen LogP contribution >= 0.6 is 23.2 Å². The summed E-state index contributed by atoms with van der Waals surface area (Å²) < 4.78 is 79.1. The number of hydrogen-bond donors (Lipinski definition) is 2. The summed E-state index contributed by atoms with van der Waals surface area (Å²) in [5, 5.41) is 9.24. The fraction of sp³-hybridized carbons (Fsp3) is 0.385. The van der Waals surface area contributed by atoms with Gasteiger partial charge in [-0.25, -0.2) is 18.4 Å². The van der Waals surface area contributed by atoms with Crippen LogP contribution in [-0.4, -0.2) is 64.8 Å². The van der Waals surface area contributed by atoms with Crippen LogP contribution in [0.5, 0.6) is 0 Å². The monoisotopic (exact) mass is 632 g/mol. The lowest BCUT2D eigenvalue weighted by molar-refractivity contribution is -0.699. The molecule has 0 amide bonds. The zero-order valence-electron chi connectivity index (χ0n) is 21.6. The number of imidazole rings is 1. The van der Waals surface area contributed by atoms with E-state index in [2.05, 4.69) is 9.88 Å². The summed E-state index contributed by atoms with van der Waals surface area (Å²) in [4.78, 5) is 5.49. The van der Waals surface area contributed by atoms with Crippen molar-refractivity contribution in [1.82, 2.24) is 14.5 Å². The normalized spacial score (nSPS) is 17.6. The second-order valence-electron chi connectivity index (χ2n) is 9.90. The molecule has 15 heteroatoms. The highest BCUT2D eigenvalue weighted by Gasteiger charge is 2.38. The molecule has 2 aliphatic rings. The van der Waals surface area contributed by atoms with E-state index in [4.69, 9.17) is 23.2 Å². The van der Waals surface area contributed by atoms with Crippen molar-refractivity contribution in [3.8, 4) is 0 Å². The molecule has 1 aliphatic carbocycles. The molecule has 41 heavy (non-hydrogen) atoms. The van der Waals surface area contributed by atoms with Crippen LogP contribution in [0.4, 0.5) is 19.0 Å². The first kappa shape index (κ1) is 29.8. The first-order valence-electron chi connectivity index (χ1n) is 12.7. The van der Waals surface area contributed by atoms with E-state index in [0.717, 1.165) is 28.8 Å². The Labute approximate surface area is 244 Å². The fourth-order valence-corrected chi connectivity index (χ4v) is 6.57. The molecule has 3 aromatic rings. The molecule has 0 spiro atoms. The topological polar surface area (TPSA) is 103 Å². The number of nitrogens with zero attached hydrogens (tertiary/aromatic N) is 5. The van der Waals surface area contributed by atoms with Gasteiger partial charge in [0.1, 0.15) is 31.3 Å². The molecule has 3 heterocycles. The molecular weight excluding hydrogens is 606 g/mol. The number of aliphatic hydroxyl groups is 1. The molecule has 2 aromatic heterocycles. The third-order valence-electron chi connectivity index (χ3n) is 7.37. The Hall–Kier alpha value is -2.68. The van der Waals surface area contributed by atoms with Crippen molar-refractivity contribution in [2.75, 3.05) is 30.5 Å². The smallest absolute Gasteiger partial charge is 0.392 e. The third-order valence-corrected chi connectivity index (χ3v) is 8.84. The van der Waals surface area contributed by atoms with Crippen LogP contribution in [0.15, 0.2) is 54.6 Å². The number of halogens is 5. The molecule has 0 fully saturated rings.